The molecule has 1 aromatic heterocycles. The molecular weight excluding hydrogens is 180 g/mol. The van der Waals surface area contributed by atoms with E-state index >= 15 is 0 Å². The molecule has 6 N–H and O–H groups in total. The van der Waals surface area contributed by atoms with E-state index in [9.17, 15) is 0 Å². The number of aromatic nitrogens is 2. The Balaban J connectivity index is 2.69. The van der Waals surface area contributed by atoms with Crippen molar-refractivity contribution in [3.8, 4) is 0 Å². The van der Waals surface area contributed by atoms with Gasteiger partial charge < -0.3 is 10.9 Å². The zero-order chi connectivity index (χ0) is 9.97. The van der Waals surface area contributed by atoms with Crippen molar-refractivity contribution < 1.29 is 0 Å². The molecule has 2 aromatic rings. The van der Waals surface area contributed by atoms with E-state index in [0.717, 1.165) is 11.0 Å². The maximum atomic E-state index is 5.32. The second kappa shape index (κ2) is 3.44. The molecule has 1 heterocycles. The molecule has 0 atom stereocenters. The van der Waals surface area contributed by atoms with E-state index < -0.39 is 0 Å². The van der Waals surface area contributed by atoms with Gasteiger partial charge in [0, 0.05) is 12.4 Å². The Morgan fingerprint density at radius 2 is 1.29 bits per heavy atom. The lowest BCUT2D eigenvalue weighted by Gasteiger charge is -2.08. The summed E-state index contributed by atoms with van der Waals surface area (Å²) in [6.45, 7) is 0. The highest BCUT2D eigenvalue weighted by molar-refractivity contribution is 5.86. The molecular formula is C8H10N6. The molecule has 0 amide bonds. The average molecular weight is 190 g/mol. The Bertz CT molecular complexity index is 412. The quantitative estimate of drug-likeness (QED) is 0.398. The van der Waals surface area contributed by atoms with Crippen LogP contribution in [-0.4, -0.2) is 9.97 Å². The van der Waals surface area contributed by atoms with Gasteiger partial charge in [-0.15, -0.1) is 0 Å². The maximum absolute atomic E-state index is 5.32. The number of hydrogen-bond donors (Lipinski definition) is 4. The molecule has 0 bridgehead atoms. The van der Waals surface area contributed by atoms with E-state index in [4.69, 9.17) is 11.7 Å². The van der Waals surface area contributed by atoms with Crippen LogP contribution in [0.1, 0.15) is 0 Å². The van der Waals surface area contributed by atoms with Gasteiger partial charge in [-0.2, -0.15) is 0 Å². The normalized spacial score (nSPS) is 10.1. The zero-order valence-corrected chi connectivity index (χ0v) is 7.36. The van der Waals surface area contributed by atoms with E-state index in [2.05, 4.69) is 20.8 Å². The summed E-state index contributed by atoms with van der Waals surface area (Å²) >= 11 is 0. The monoisotopic (exact) mass is 190 g/mol. The van der Waals surface area contributed by atoms with Crippen molar-refractivity contribution >= 4 is 22.4 Å². The van der Waals surface area contributed by atoms with Crippen LogP contribution in [0.25, 0.3) is 11.0 Å². The molecule has 0 unspecified atom stereocenters. The molecule has 14 heavy (non-hydrogen) atoms. The lowest BCUT2D eigenvalue weighted by molar-refractivity contribution is 1.26. The highest BCUT2D eigenvalue weighted by Gasteiger charge is 2.03. The molecule has 0 spiro atoms. The minimum absolute atomic E-state index is 0.681. The zero-order valence-electron chi connectivity index (χ0n) is 7.36. The first-order valence-electron chi connectivity index (χ1n) is 4.03. The lowest BCUT2D eigenvalue weighted by Crippen LogP contribution is -2.13. The molecule has 1 aromatic carbocycles. The smallest absolute Gasteiger partial charge is 0.0909 e. The minimum atomic E-state index is 0.681. The lowest BCUT2D eigenvalue weighted by atomic mass is 10.2. The minimum Gasteiger partial charge on any atom is -0.322 e. The van der Waals surface area contributed by atoms with E-state index in [1.165, 1.54) is 0 Å². The number of anilines is 2. The van der Waals surface area contributed by atoms with Gasteiger partial charge in [-0.05, 0) is 12.1 Å². The van der Waals surface area contributed by atoms with Crippen LogP contribution < -0.4 is 22.5 Å². The molecule has 0 saturated heterocycles. The van der Waals surface area contributed by atoms with Crippen LogP contribution in [0.4, 0.5) is 11.4 Å². The van der Waals surface area contributed by atoms with Gasteiger partial charge in [-0.1, -0.05) is 0 Å². The molecule has 0 fully saturated rings. The summed E-state index contributed by atoms with van der Waals surface area (Å²) in [5, 5.41) is 0. The van der Waals surface area contributed by atoms with Gasteiger partial charge in [-0.25, -0.2) is 0 Å². The van der Waals surface area contributed by atoms with Crippen LogP contribution in [0, 0.1) is 0 Å². The molecule has 0 aliphatic carbocycles. The van der Waals surface area contributed by atoms with Crippen molar-refractivity contribution in [3.05, 3.63) is 24.5 Å². The topological polar surface area (TPSA) is 102 Å². The fourth-order valence-electron chi connectivity index (χ4n) is 1.25. The third-order valence-corrected chi connectivity index (χ3v) is 1.92. The summed E-state index contributed by atoms with van der Waals surface area (Å²) in [7, 11) is 0. The van der Waals surface area contributed by atoms with Crippen LogP contribution in [0.3, 0.4) is 0 Å². The highest BCUT2D eigenvalue weighted by atomic mass is 15.3. The summed E-state index contributed by atoms with van der Waals surface area (Å²) in [5.74, 6) is 10.6. The van der Waals surface area contributed by atoms with Gasteiger partial charge in [0.2, 0.25) is 0 Å². The predicted molar refractivity (Wildman–Crippen MR) is 55.2 cm³/mol. The molecule has 0 aliphatic rings. The molecule has 72 valence electrons. The number of nitrogens with one attached hydrogen (secondary N) is 2. The largest absolute Gasteiger partial charge is 0.322 e. The van der Waals surface area contributed by atoms with Crippen LogP contribution >= 0.6 is 0 Å². The average Bonchev–Trinajstić information content (AvgIpc) is 2.27. The van der Waals surface area contributed by atoms with Gasteiger partial charge in [0.15, 0.2) is 0 Å². The second-order valence-corrected chi connectivity index (χ2v) is 2.73. The second-order valence-electron chi connectivity index (χ2n) is 2.73. The highest BCUT2D eigenvalue weighted by Crippen LogP contribution is 2.24. The van der Waals surface area contributed by atoms with Crippen LogP contribution in [0.15, 0.2) is 24.5 Å². The van der Waals surface area contributed by atoms with Crippen molar-refractivity contribution in [1.82, 2.24) is 9.97 Å². The van der Waals surface area contributed by atoms with Crippen LogP contribution in [-0.2, 0) is 0 Å². The van der Waals surface area contributed by atoms with Gasteiger partial charge in [0.1, 0.15) is 0 Å². The van der Waals surface area contributed by atoms with Crippen LogP contribution in [0.2, 0.25) is 0 Å². The Morgan fingerprint density at radius 1 is 0.857 bits per heavy atom. The number of hydrogen-bond acceptors (Lipinski definition) is 6. The first-order valence-corrected chi connectivity index (χ1v) is 4.03. The Kier molecular flexibility index (Phi) is 2.13. The third-order valence-electron chi connectivity index (χ3n) is 1.92. The molecule has 6 nitrogen and oxygen atoms in total. The summed E-state index contributed by atoms with van der Waals surface area (Å²) in [4.78, 5) is 8.28. The summed E-state index contributed by atoms with van der Waals surface area (Å²) in [5.41, 5.74) is 7.95. The molecule has 6 heteroatoms. The maximum Gasteiger partial charge on any atom is 0.0909 e. The number of benzene rings is 1. The predicted octanol–water partition coefficient (Wildman–Crippen LogP) is 0.201. The van der Waals surface area contributed by atoms with Crippen molar-refractivity contribution in [2.45, 2.75) is 0 Å². The first kappa shape index (κ1) is 8.67. The summed E-state index contributed by atoms with van der Waals surface area (Å²) in [6, 6.07) is 3.55. The van der Waals surface area contributed by atoms with Gasteiger partial charge in [0.25, 0.3) is 0 Å². The van der Waals surface area contributed by atoms with Gasteiger partial charge >= 0.3 is 0 Å². The molecule has 0 saturated carbocycles. The SMILES string of the molecule is NNc1cc2nccnc2cc1NN. The van der Waals surface area contributed by atoms with Gasteiger partial charge in [0.05, 0.1) is 22.4 Å². The number of nitrogens with two attached hydrogens (primary N) is 2. The van der Waals surface area contributed by atoms with E-state index in [-0.39, 0.29) is 0 Å². The van der Waals surface area contributed by atoms with E-state index in [1.807, 2.05) is 0 Å². The van der Waals surface area contributed by atoms with E-state index in [1.54, 1.807) is 24.5 Å². The fourth-order valence-corrected chi connectivity index (χ4v) is 1.25. The number of hydrazine groups is 2. The molecule has 0 aliphatic heterocycles. The Hall–Kier alpha value is -1.92. The van der Waals surface area contributed by atoms with Crippen molar-refractivity contribution in [2.24, 2.45) is 11.7 Å². The van der Waals surface area contributed by atoms with Crippen LogP contribution in [0.5, 0.6) is 0 Å². The summed E-state index contributed by atoms with van der Waals surface area (Å²) < 4.78 is 0. The number of nitrogen functional groups attached to an aromatic ring is 2. The molecule has 0 radical (unpaired) electrons. The molecule has 2 rings (SSSR count). The number of rotatable bonds is 2. The third kappa shape index (κ3) is 1.32. The summed E-state index contributed by atoms with van der Waals surface area (Å²) in [6.07, 6.45) is 3.25. The number of fused-ring (bicyclic) bond motifs is 1. The van der Waals surface area contributed by atoms with Crippen molar-refractivity contribution in [3.63, 3.8) is 0 Å². The number of nitrogens with zero attached hydrogens (tertiary/aromatic N) is 2. The standard InChI is InChI=1S/C8H10N6/c9-13-7-3-5-6(4-8(7)14-10)12-2-1-11-5/h1-4,13-14H,9-10H2. The Labute approximate surface area is 80.3 Å². The Morgan fingerprint density at radius 3 is 1.64 bits per heavy atom. The van der Waals surface area contributed by atoms with E-state index in [0.29, 0.717) is 11.4 Å². The first-order chi connectivity index (χ1) is 6.85. The van der Waals surface area contributed by atoms with Crippen molar-refractivity contribution in [1.29, 1.82) is 0 Å². The van der Waals surface area contributed by atoms with Gasteiger partial charge in [-0.3, -0.25) is 21.7 Å². The van der Waals surface area contributed by atoms with Crippen molar-refractivity contribution in [2.75, 3.05) is 10.9 Å². The fraction of sp³-hybridized carbons (Fsp3) is 0.